The molecule has 0 aliphatic heterocycles. The first-order valence-electron chi connectivity index (χ1n) is 5.49. The number of carbonyl (C=O) groups excluding carboxylic acids is 1. The molecule has 0 radical (unpaired) electrons. The van der Waals surface area contributed by atoms with E-state index in [4.69, 9.17) is 11.6 Å². The molecular formula is C14H10BrClINO. The van der Waals surface area contributed by atoms with E-state index in [0.717, 1.165) is 19.3 Å². The highest BCUT2D eigenvalue weighted by Gasteiger charge is 2.08. The summed E-state index contributed by atoms with van der Waals surface area (Å²) < 4.78 is 1.86. The van der Waals surface area contributed by atoms with Gasteiger partial charge >= 0.3 is 0 Å². The van der Waals surface area contributed by atoms with Crippen molar-refractivity contribution in [2.24, 2.45) is 0 Å². The number of halogens is 3. The van der Waals surface area contributed by atoms with Gasteiger partial charge in [0.15, 0.2) is 0 Å². The maximum Gasteiger partial charge on any atom is 0.255 e. The van der Waals surface area contributed by atoms with Crippen LogP contribution in [0.5, 0.6) is 0 Å². The fraction of sp³-hybridized carbons (Fsp3) is 0.0714. The van der Waals surface area contributed by atoms with Crippen LogP contribution in [0.3, 0.4) is 0 Å². The Morgan fingerprint density at radius 2 is 2.00 bits per heavy atom. The Labute approximate surface area is 138 Å². The van der Waals surface area contributed by atoms with Crippen LogP contribution in [0, 0.1) is 10.5 Å². The summed E-state index contributed by atoms with van der Waals surface area (Å²) in [4.78, 5) is 12.1. The molecule has 2 aromatic carbocycles. The predicted octanol–water partition coefficient (Wildman–Crippen LogP) is 5.27. The first-order valence-corrected chi connectivity index (χ1v) is 7.74. The second-order valence-corrected chi connectivity index (χ2v) is 6.59. The van der Waals surface area contributed by atoms with Crippen LogP contribution in [0.1, 0.15) is 15.9 Å². The molecule has 19 heavy (non-hydrogen) atoms. The van der Waals surface area contributed by atoms with Crippen molar-refractivity contribution in [3.05, 3.63) is 60.6 Å². The Bertz CT molecular complexity index is 625. The van der Waals surface area contributed by atoms with Gasteiger partial charge in [-0.1, -0.05) is 27.5 Å². The van der Waals surface area contributed by atoms with Crippen LogP contribution >= 0.6 is 50.1 Å². The second kappa shape index (κ2) is 6.24. The van der Waals surface area contributed by atoms with Crippen molar-refractivity contribution < 1.29 is 4.79 Å². The highest BCUT2D eigenvalue weighted by atomic mass is 127. The van der Waals surface area contributed by atoms with Crippen molar-refractivity contribution in [3.63, 3.8) is 0 Å². The average Bonchev–Trinajstić information content (AvgIpc) is 2.31. The minimum absolute atomic E-state index is 0.171. The van der Waals surface area contributed by atoms with Crippen molar-refractivity contribution in [2.75, 3.05) is 5.32 Å². The van der Waals surface area contributed by atoms with E-state index >= 15 is 0 Å². The minimum Gasteiger partial charge on any atom is -0.322 e. The normalized spacial score (nSPS) is 10.3. The first-order chi connectivity index (χ1) is 8.95. The quantitative estimate of drug-likeness (QED) is 0.621. The number of nitrogens with one attached hydrogen (secondary N) is 1. The van der Waals surface area contributed by atoms with E-state index < -0.39 is 0 Å². The lowest BCUT2D eigenvalue weighted by Crippen LogP contribution is -2.12. The van der Waals surface area contributed by atoms with E-state index in [-0.39, 0.29) is 5.91 Å². The molecule has 0 aliphatic carbocycles. The van der Waals surface area contributed by atoms with Crippen LogP contribution < -0.4 is 5.32 Å². The Hall–Kier alpha value is -0.590. The number of hydrogen-bond donors (Lipinski definition) is 1. The van der Waals surface area contributed by atoms with Crippen molar-refractivity contribution in [3.8, 4) is 0 Å². The molecule has 5 heteroatoms. The largest absolute Gasteiger partial charge is 0.322 e. The zero-order chi connectivity index (χ0) is 14.0. The molecule has 98 valence electrons. The van der Waals surface area contributed by atoms with Gasteiger partial charge in [0.1, 0.15) is 0 Å². The van der Waals surface area contributed by atoms with Gasteiger partial charge in [0.05, 0.1) is 5.02 Å². The van der Waals surface area contributed by atoms with Gasteiger partial charge in [0.2, 0.25) is 0 Å². The number of anilines is 1. The van der Waals surface area contributed by atoms with Crippen molar-refractivity contribution in [1.82, 2.24) is 0 Å². The summed E-state index contributed by atoms with van der Waals surface area (Å²) in [5.41, 5.74) is 2.37. The zero-order valence-electron chi connectivity index (χ0n) is 10.0. The summed E-state index contributed by atoms with van der Waals surface area (Å²) >= 11 is 11.6. The highest BCUT2D eigenvalue weighted by molar-refractivity contribution is 14.1. The fourth-order valence-electron chi connectivity index (χ4n) is 1.65. The number of benzene rings is 2. The number of aryl methyl sites for hydroxylation is 1. The summed E-state index contributed by atoms with van der Waals surface area (Å²) in [6.07, 6.45) is 0. The molecule has 0 aromatic heterocycles. The summed E-state index contributed by atoms with van der Waals surface area (Å²) in [7, 11) is 0. The van der Waals surface area contributed by atoms with Gasteiger partial charge in [-0.15, -0.1) is 0 Å². The van der Waals surface area contributed by atoms with Crippen LogP contribution in [0.4, 0.5) is 5.69 Å². The van der Waals surface area contributed by atoms with Crippen LogP contribution in [0.25, 0.3) is 0 Å². The second-order valence-electron chi connectivity index (χ2n) is 4.10. The standard InChI is InChI=1S/C14H10BrClINO/c1-8-4-10(15)7-11(5-8)18-14(19)9-2-3-13(17)12(16)6-9/h2-7H,1H3,(H,18,19). The van der Waals surface area contributed by atoms with E-state index in [1.54, 1.807) is 12.1 Å². The van der Waals surface area contributed by atoms with E-state index in [2.05, 4.69) is 43.8 Å². The molecule has 0 spiro atoms. The molecule has 1 N–H and O–H groups in total. The Morgan fingerprint density at radius 3 is 2.63 bits per heavy atom. The zero-order valence-corrected chi connectivity index (χ0v) is 14.5. The smallest absolute Gasteiger partial charge is 0.255 e. The number of carbonyl (C=O) groups is 1. The predicted molar refractivity (Wildman–Crippen MR) is 91.0 cm³/mol. The Balaban J connectivity index is 2.22. The third-order valence-corrected chi connectivity index (χ3v) is 4.51. The Kier molecular flexibility index (Phi) is 4.86. The van der Waals surface area contributed by atoms with Gasteiger partial charge in [-0.05, 0) is 71.5 Å². The van der Waals surface area contributed by atoms with E-state index in [0.29, 0.717) is 10.6 Å². The summed E-state index contributed by atoms with van der Waals surface area (Å²) in [5, 5.41) is 3.44. The molecule has 0 unspecified atom stereocenters. The maximum atomic E-state index is 12.1. The summed E-state index contributed by atoms with van der Waals surface area (Å²) in [6.45, 7) is 1.97. The van der Waals surface area contributed by atoms with Gasteiger partial charge in [0.25, 0.3) is 5.91 Å². The van der Waals surface area contributed by atoms with Crippen LogP contribution in [-0.2, 0) is 0 Å². The summed E-state index contributed by atoms with van der Waals surface area (Å²) in [6, 6.07) is 11.0. The fourth-order valence-corrected chi connectivity index (χ4v) is 2.77. The van der Waals surface area contributed by atoms with Gasteiger partial charge in [-0.3, -0.25) is 4.79 Å². The third-order valence-electron chi connectivity index (χ3n) is 2.48. The van der Waals surface area contributed by atoms with Crippen molar-refractivity contribution in [1.29, 1.82) is 0 Å². The first kappa shape index (κ1) is 14.8. The summed E-state index contributed by atoms with van der Waals surface area (Å²) in [5.74, 6) is -0.171. The molecule has 0 saturated heterocycles. The lowest BCUT2D eigenvalue weighted by molar-refractivity contribution is 0.102. The molecule has 0 saturated carbocycles. The topological polar surface area (TPSA) is 29.1 Å². The van der Waals surface area contributed by atoms with Crippen molar-refractivity contribution in [2.45, 2.75) is 6.92 Å². The third kappa shape index (κ3) is 3.94. The van der Waals surface area contributed by atoms with E-state index in [9.17, 15) is 4.79 Å². The lowest BCUT2D eigenvalue weighted by atomic mass is 10.2. The van der Waals surface area contributed by atoms with E-state index in [1.807, 2.05) is 31.2 Å². The van der Waals surface area contributed by atoms with Crippen LogP contribution in [0.15, 0.2) is 40.9 Å². The highest BCUT2D eigenvalue weighted by Crippen LogP contribution is 2.22. The van der Waals surface area contributed by atoms with Gasteiger partial charge in [-0.2, -0.15) is 0 Å². The molecule has 0 aliphatic rings. The molecule has 0 atom stereocenters. The molecule has 0 bridgehead atoms. The molecule has 1 amide bonds. The minimum atomic E-state index is -0.171. The van der Waals surface area contributed by atoms with Crippen LogP contribution in [0.2, 0.25) is 5.02 Å². The SMILES string of the molecule is Cc1cc(Br)cc(NC(=O)c2ccc(I)c(Cl)c2)c1. The number of rotatable bonds is 2. The van der Waals surface area contributed by atoms with Crippen molar-refractivity contribution >= 4 is 61.7 Å². The maximum absolute atomic E-state index is 12.1. The molecule has 2 aromatic rings. The van der Waals surface area contributed by atoms with Gasteiger partial charge in [-0.25, -0.2) is 0 Å². The lowest BCUT2D eigenvalue weighted by Gasteiger charge is -2.08. The van der Waals surface area contributed by atoms with Gasteiger partial charge in [0, 0.05) is 19.3 Å². The average molecular weight is 451 g/mol. The molecule has 0 fully saturated rings. The monoisotopic (exact) mass is 449 g/mol. The molecule has 0 heterocycles. The van der Waals surface area contributed by atoms with Gasteiger partial charge < -0.3 is 5.32 Å². The number of amides is 1. The van der Waals surface area contributed by atoms with E-state index in [1.165, 1.54) is 0 Å². The number of hydrogen-bond acceptors (Lipinski definition) is 1. The molecular weight excluding hydrogens is 440 g/mol. The molecule has 2 nitrogen and oxygen atoms in total. The molecule has 2 rings (SSSR count). The Morgan fingerprint density at radius 1 is 1.26 bits per heavy atom. The van der Waals surface area contributed by atoms with Crippen LogP contribution in [-0.4, -0.2) is 5.91 Å².